The first-order chi connectivity index (χ1) is 12.4. The minimum absolute atomic E-state index is 0.0212. The summed E-state index contributed by atoms with van der Waals surface area (Å²) in [7, 11) is 0. The number of hydrogen-bond donors (Lipinski definition) is 3. The van der Waals surface area contributed by atoms with Crippen LogP contribution >= 0.6 is 0 Å². The summed E-state index contributed by atoms with van der Waals surface area (Å²) in [5.41, 5.74) is 3.51. The smallest absolute Gasteiger partial charge is 0.235 e. The molecule has 0 radical (unpaired) electrons. The van der Waals surface area contributed by atoms with E-state index in [1.807, 2.05) is 6.07 Å². The Morgan fingerprint density at radius 1 is 1.19 bits per heavy atom. The van der Waals surface area contributed by atoms with E-state index in [9.17, 15) is 24.3 Å². The van der Waals surface area contributed by atoms with Crippen LogP contribution in [0, 0.1) is 29.0 Å². The van der Waals surface area contributed by atoms with E-state index >= 15 is 0 Å². The second-order valence-corrected chi connectivity index (χ2v) is 6.16. The van der Waals surface area contributed by atoms with Crippen LogP contribution < -0.4 is 11.1 Å². The van der Waals surface area contributed by atoms with E-state index in [-0.39, 0.29) is 11.1 Å². The molecule has 1 aliphatic rings. The number of primary amides is 1. The third kappa shape index (κ3) is 2.70. The van der Waals surface area contributed by atoms with Crippen molar-refractivity contribution in [2.45, 2.75) is 11.6 Å². The van der Waals surface area contributed by atoms with Crippen LogP contribution in [0.3, 0.4) is 0 Å². The number of benzene rings is 2. The van der Waals surface area contributed by atoms with Crippen molar-refractivity contribution in [2.24, 2.45) is 17.6 Å². The second kappa shape index (κ2) is 6.58. The molecule has 26 heavy (non-hydrogen) atoms. The Hall–Kier alpha value is -3.24. The molecule has 3 rings (SSSR count). The molecule has 2 aromatic carbocycles. The minimum Gasteiger partial charge on any atom is -0.369 e. The number of nitriles is 1. The SMILES string of the molecule is N#C[C@@H]1[C@H](c2ccccc2F)[C@@H](C(N)=O)C(=O)N[C@]1(O)c1ccccc1. The van der Waals surface area contributed by atoms with Gasteiger partial charge in [-0.2, -0.15) is 5.26 Å². The maximum absolute atomic E-state index is 14.4. The fourth-order valence-corrected chi connectivity index (χ4v) is 3.49. The van der Waals surface area contributed by atoms with E-state index in [4.69, 9.17) is 5.73 Å². The number of nitrogens with two attached hydrogens (primary N) is 1. The first-order valence-corrected chi connectivity index (χ1v) is 7.93. The summed E-state index contributed by atoms with van der Waals surface area (Å²) in [6.45, 7) is 0. The number of nitrogens with one attached hydrogen (secondary N) is 1. The highest BCUT2D eigenvalue weighted by molar-refractivity contribution is 6.01. The summed E-state index contributed by atoms with van der Waals surface area (Å²) < 4.78 is 14.4. The molecule has 1 heterocycles. The van der Waals surface area contributed by atoms with Crippen LogP contribution in [-0.2, 0) is 15.3 Å². The number of carbonyl (C=O) groups excluding carboxylic acids is 2. The van der Waals surface area contributed by atoms with Crippen LogP contribution in [0.1, 0.15) is 17.0 Å². The van der Waals surface area contributed by atoms with Gasteiger partial charge in [-0.05, 0) is 11.6 Å². The summed E-state index contributed by atoms with van der Waals surface area (Å²) >= 11 is 0. The lowest BCUT2D eigenvalue weighted by atomic mass is 9.67. The van der Waals surface area contributed by atoms with Gasteiger partial charge in [-0.3, -0.25) is 9.59 Å². The first kappa shape index (κ1) is 17.6. The molecule has 2 amide bonds. The predicted molar refractivity (Wildman–Crippen MR) is 89.4 cm³/mol. The largest absolute Gasteiger partial charge is 0.369 e. The molecule has 4 N–H and O–H groups in total. The van der Waals surface area contributed by atoms with Crippen LogP contribution in [0.5, 0.6) is 0 Å². The number of rotatable bonds is 3. The summed E-state index contributed by atoms with van der Waals surface area (Å²) in [6, 6.07) is 15.5. The molecule has 4 atom stereocenters. The van der Waals surface area contributed by atoms with Gasteiger partial charge in [0.15, 0.2) is 5.72 Å². The van der Waals surface area contributed by atoms with Gasteiger partial charge in [0.2, 0.25) is 11.8 Å². The summed E-state index contributed by atoms with van der Waals surface area (Å²) in [4.78, 5) is 24.5. The molecule has 0 spiro atoms. The van der Waals surface area contributed by atoms with Crippen molar-refractivity contribution in [2.75, 3.05) is 0 Å². The lowest BCUT2D eigenvalue weighted by molar-refractivity contribution is -0.153. The van der Waals surface area contributed by atoms with Crippen molar-refractivity contribution >= 4 is 11.8 Å². The Morgan fingerprint density at radius 3 is 2.38 bits per heavy atom. The molecule has 7 heteroatoms. The maximum Gasteiger partial charge on any atom is 0.235 e. The highest BCUT2D eigenvalue weighted by Gasteiger charge is 2.56. The Bertz CT molecular complexity index is 896. The van der Waals surface area contributed by atoms with Crippen molar-refractivity contribution in [3.05, 3.63) is 71.5 Å². The molecule has 0 unspecified atom stereocenters. The zero-order valence-corrected chi connectivity index (χ0v) is 13.6. The molecule has 1 aliphatic heterocycles. The van der Waals surface area contributed by atoms with E-state index in [0.717, 1.165) is 6.07 Å². The van der Waals surface area contributed by atoms with E-state index in [0.29, 0.717) is 0 Å². The average Bonchev–Trinajstić information content (AvgIpc) is 2.62. The molecule has 1 saturated heterocycles. The Kier molecular flexibility index (Phi) is 4.45. The van der Waals surface area contributed by atoms with Gasteiger partial charge in [0.25, 0.3) is 0 Å². The number of halogens is 1. The predicted octanol–water partition coefficient (Wildman–Crippen LogP) is 1.13. The van der Waals surface area contributed by atoms with Gasteiger partial charge >= 0.3 is 0 Å². The van der Waals surface area contributed by atoms with Gasteiger partial charge in [0.1, 0.15) is 17.7 Å². The van der Waals surface area contributed by atoms with Gasteiger partial charge in [0, 0.05) is 11.5 Å². The van der Waals surface area contributed by atoms with Crippen molar-refractivity contribution in [1.29, 1.82) is 5.26 Å². The molecule has 6 nitrogen and oxygen atoms in total. The molecule has 1 fully saturated rings. The zero-order valence-electron chi connectivity index (χ0n) is 13.6. The first-order valence-electron chi connectivity index (χ1n) is 7.93. The standard InChI is InChI=1S/C19H16FN3O3/c20-14-9-5-4-8-12(14)15-13(10-21)19(26,11-6-2-1-3-7-11)23-18(25)16(15)17(22)24/h1-9,13,15-16,26H,(H2,22,24)(H,23,25)/t13-,15+,16+,19+/m1/s1. The average molecular weight is 353 g/mol. The summed E-state index contributed by atoms with van der Waals surface area (Å²) in [5, 5.41) is 23.3. The molecule has 0 saturated carbocycles. The number of aliphatic hydroxyl groups is 1. The minimum atomic E-state index is -2.09. The fraction of sp³-hybridized carbons (Fsp3) is 0.211. The van der Waals surface area contributed by atoms with E-state index < -0.39 is 41.1 Å². The van der Waals surface area contributed by atoms with Crippen molar-refractivity contribution in [3.8, 4) is 6.07 Å². The highest BCUT2D eigenvalue weighted by Crippen LogP contribution is 2.45. The van der Waals surface area contributed by atoms with Gasteiger partial charge in [0.05, 0.1) is 6.07 Å². The lowest BCUT2D eigenvalue weighted by Crippen LogP contribution is -2.62. The highest BCUT2D eigenvalue weighted by atomic mass is 19.1. The lowest BCUT2D eigenvalue weighted by Gasteiger charge is -2.44. The van der Waals surface area contributed by atoms with E-state index in [1.54, 1.807) is 18.2 Å². The van der Waals surface area contributed by atoms with Gasteiger partial charge in [-0.25, -0.2) is 4.39 Å². The third-order valence-corrected chi connectivity index (χ3v) is 4.69. The molecule has 2 aromatic rings. The summed E-state index contributed by atoms with van der Waals surface area (Å²) in [6.07, 6.45) is 0. The molecule has 0 bridgehead atoms. The Labute approximate surface area is 149 Å². The van der Waals surface area contributed by atoms with Crippen molar-refractivity contribution in [1.82, 2.24) is 5.32 Å². The Morgan fingerprint density at radius 2 is 1.81 bits per heavy atom. The van der Waals surface area contributed by atoms with Crippen LogP contribution in [0.15, 0.2) is 54.6 Å². The monoisotopic (exact) mass is 353 g/mol. The third-order valence-electron chi connectivity index (χ3n) is 4.69. The van der Waals surface area contributed by atoms with Crippen LogP contribution in [0.4, 0.5) is 4.39 Å². The van der Waals surface area contributed by atoms with Gasteiger partial charge in [-0.15, -0.1) is 0 Å². The molecule has 132 valence electrons. The van der Waals surface area contributed by atoms with Crippen LogP contribution in [-0.4, -0.2) is 16.9 Å². The number of amides is 2. The number of carbonyl (C=O) groups is 2. The van der Waals surface area contributed by atoms with Gasteiger partial charge in [-0.1, -0.05) is 48.5 Å². The van der Waals surface area contributed by atoms with E-state index in [1.165, 1.54) is 30.3 Å². The van der Waals surface area contributed by atoms with E-state index in [2.05, 4.69) is 5.32 Å². The second-order valence-electron chi connectivity index (χ2n) is 6.16. The number of piperidine rings is 1. The molecule has 0 aromatic heterocycles. The number of nitrogens with zero attached hydrogens (tertiary/aromatic N) is 1. The maximum atomic E-state index is 14.4. The topological polar surface area (TPSA) is 116 Å². The Balaban J connectivity index is 2.22. The van der Waals surface area contributed by atoms with Crippen molar-refractivity contribution in [3.63, 3.8) is 0 Å². The zero-order chi connectivity index (χ0) is 18.9. The quantitative estimate of drug-likeness (QED) is 0.717. The summed E-state index contributed by atoms with van der Waals surface area (Å²) in [5.74, 6) is -6.60. The number of hydrogen-bond acceptors (Lipinski definition) is 4. The molecular weight excluding hydrogens is 337 g/mol. The molecule has 0 aliphatic carbocycles. The van der Waals surface area contributed by atoms with Crippen molar-refractivity contribution < 1.29 is 19.1 Å². The van der Waals surface area contributed by atoms with Gasteiger partial charge < -0.3 is 16.2 Å². The molecular formula is C19H16FN3O3. The fourth-order valence-electron chi connectivity index (χ4n) is 3.49. The normalized spacial score (nSPS) is 28.0. The van der Waals surface area contributed by atoms with Crippen LogP contribution in [0.2, 0.25) is 0 Å². The van der Waals surface area contributed by atoms with Crippen LogP contribution in [0.25, 0.3) is 0 Å².